The zero-order valence-corrected chi connectivity index (χ0v) is 6.96. The zero-order valence-electron chi connectivity index (χ0n) is 6.96. The molecular formula is C8H14N2O. The van der Waals surface area contributed by atoms with Crippen LogP contribution < -0.4 is 5.32 Å². The van der Waals surface area contributed by atoms with Crippen LogP contribution in [0.5, 0.6) is 0 Å². The summed E-state index contributed by atoms with van der Waals surface area (Å²) >= 11 is 0. The molecule has 3 nitrogen and oxygen atoms in total. The summed E-state index contributed by atoms with van der Waals surface area (Å²) in [7, 11) is 0. The third kappa shape index (κ3) is 2.35. The second-order valence-corrected chi connectivity index (χ2v) is 3.12. The molecule has 0 aromatic heterocycles. The highest BCUT2D eigenvalue weighted by molar-refractivity contribution is 5.72. The predicted molar refractivity (Wildman–Crippen MR) is 45.7 cm³/mol. The summed E-state index contributed by atoms with van der Waals surface area (Å²) in [6.07, 6.45) is 3.54. The minimum atomic E-state index is -0.781. The first kappa shape index (κ1) is 8.27. The van der Waals surface area contributed by atoms with Crippen molar-refractivity contribution in [3.05, 3.63) is 11.8 Å². The van der Waals surface area contributed by atoms with Gasteiger partial charge in [0.2, 0.25) is 0 Å². The molecule has 0 atom stereocenters. The van der Waals surface area contributed by atoms with Gasteiger partial charge in [0.25, 0.3) is 0 Å². The number of hydrogen-bond donors (Lipinski definition) is 2. The standard InChI is InChI=1S/C8H14N2O/c1-8(2,11)7-3-4-9-5-6-10-7/h3-4,10-11H,5-6H2,1-2H3. The van der Waals surface area contributed by atoms with Gasteiger partial charge in [0.1, 0.15) is 0 Å². The third-order valence-electron chi connectivity index (χ3n) is 1.56. The second kappa shape index (κ2) is 3.05. The number of rotatable bonds is 1. The maximum atomic E-state index is 9.57. The molecule has 1 aliphatic rings. The van der Waals surface area contributed by atoms with Gasteiger partial charge in [-0.3, -0.25) is 4.99 Å². The van der Waals surface area contributed by atoms with Gasteiger partial charge in [0, 0.05) is 18.5 Å². The van der Waals surface area contributed by atoms with Gasteiger partial charge >= 0.3 is 0 Å². The monoisotopic (exact) mass is 154 g/mol. The number of allylic oxidation sites excluding steroid dienone is 1. The molecule has 62 valence electrons. The summed E-state index contributed by atoms with van der Waals surface area (Å²) in [6.45, 7) is 5.08. The molecule has 0 unspecified atom stereocenters. The molecule has 0 aromatic rings. The Bertz CT molecular complexity index is 189. The summed E-state index contributed by atoms with van der Waals surface area (Å²) in [5, 5.41) is 12.7. The number of aliphatic hydroxyl groups is 1. The summed E-state index contributed by atoms with van der Waals surface area (Å²) in [4.78, 5) is 4.06. The van der Waals surface area contributed by atoms with Gasteiger partial charge in [-0.15, -0.1) is 0 Å². The van der Waals surface area contributed by atoms with Crippen LogP contribution in [-0.4, -0.2) is 30.0 Å². The Morgan fingerprint density at radius 3 is 3.00 bits per heavy atom. The van der Waals surface area contributed by atoms with Crippen molar-refractivity contribution in [3.63, 3.8) is 0 Å². The molecule has 1 heterocycles. The molecule has 0 amide bonds. The van der Waals surface area contributed by atoms with Crippen LogP contribution >= 0.6 is 0 Å². The van der Waals surface area contributed by atoms with Crippen molar-refractivity contribution in [2.24, 2.45) is 4.99 Å². The van der Waals surface area contributed by atoms with Gasteiger partial charge in [-0.2, -0.15) is 0 Å². The first-order chi connectivity index (χ1) is 5.11. The van der Waals surface area contributed by atoms with E-state index in [1.54, 1.807) is 20.1 Å². The van der Waals surface area contributed by atoms with E-state index in [9.17, 15) is 5.11 Å². The lowest BCUT2D eigenvalue weighted by atomic mass is 10.1. The maximum absolute atomic E-state index is 9.57. The second-order valence-electron chi connectivity index (χ2n) is 3.12. The number of nitrogens with zero attached hydrogens (tertiary/aromatic N) is 1. The minimum Gasteiger partial charge on any atom is -0.384 e. The molecule has 1 aliphatic heterocycles. The predicted octanol–water partition coefficient (Wildman–Crippen LogP) is 0.315. The van der Waals surface area contributed by atoms with Gasteiger partial charge < -0.3 is 10.4 Å². The van der Waals surface area contributed by atoms with Gasteiger partial charge in [0.15, 0.2) is 0 Å². The fourth-order valence-electron chi connectivity index (χ4n) is 0.936. The van der Waals surface area contributed by atoms with Crippen molar-refractivity contribution in [3.8, 4) is 0 Å². The van der Waals surface area contributed by atoms with Crippen LogP contribution in [0.25, 0.3) is 0 Å². The molecule has 0 radical (unpaired) electrons. The highest BCUT2D eigenvalue weighted by atomic mass is 16.3. The Hall–Kier alpha value is -0.830. The van der Waals surface area contributed by atoms with E-state index in [2.05, 4.69) is 10.3 Å². The molecule has 3 heteroatoms. The van der Waals surface area contributed by atoms with Crippen molar-refractivity contribution in [1.82, 2.24) is 5.32 Å². The molecule has 0 fully saturated rings. The van der Waals surface area contributed by atoms with E-state index in [1.165, 1.54) is 0 Å². The Labute approximate surface area is 66.8 Å². The van der Waals surface area contributed by atoms with Gasteiger partial charge in [-0.05, 0) is 19.9 Å². The van der Waals surface area contributed by atoms with Crippen molar-refractivity contribution >= 4 is 6.21 Å². The van der Waals surface area contributed by atoms with Crippen molar-refractivity contribution in [2.45, 2.75) is 19.4 Å². The average Bonchev–Trinajstić information content (AvgIpc) is 2.10. The Morgan fingerprint density at radius 1 is 1.64 bits per heavy atom. The first-order valence-corrected chi connectivity index (χ1v) is 3.77. The fraction of sp³-hybridized carbons (Fsp3) is 0.625. The lowest BCUT2D eigenvalue weighted by Crippen LogP contribution is -2.32. The molecule has 0 bridgehead atoms. The van der Waals surface area contributed by atoms with E-state index in [4.69, 9.17) is 0 Å². The van der Waals surface area contributed by atoms with Crippen LogP contribution in [-0.2, 0) is 0 Å². The molecule has 0 saturated heterocycles. The highest BCUT2D eigenvalue weighted by Crippen LogP contribution is 2.11. The van der Waals surface area contributed by atoms with Gasteiger partial charge in [-0.1, -0.05) is 0 Å². The van der Waals surface area contributed by atoms with Crippen molar-refractivity contribution < 1.29 is 5.11 Å². The summed E-state index contributed by atoms with van der Waals surface area (Å²) in [6, 6.07) is 0. The highest BCUT2D eigenvalue weighted by Gasteiger charge is 2.18. The lowest BCUT2D eigenvalue weighted by Gasteiger charge is -2.21. The Balaban J connectivity index is 2.71. The van der Waals surface area contributed by atoms with E-state index in [0.717, 1.165) is 18.8 Å². The maximum Gasteiger partial charge on any atom is 0.0984 e. The molecule has 0 saturated carbocycles. The van der Waals surface area contributed by atoms with Crippen LogP contribution in [0.4, 0.5) is 0 Å². The van der Waals surface area contributed by atoms with E-state index in [-0.39, 0.29) is 0 Å². The first-order valence-electron chi connectivity index (χ1n) is 3.77. The van der Waals surface area contributed by atoms with Crippen molar-refractivity contribution in [2.75, 3.05) is 13.1 Å². The van der Waals surface area contributed by atoms with Crippen LogP contribution in [0.15, 0.2) is 16.8 Å². The average molecular weight is 154 g/mol. The molecule has 0 aromatic carbocycles. The number of nitrogens with one attached hydrogen (secondary N) is 1. The van der Waals surface area contributed by atoms with Crippen LogP contribution in [0.2, 0.25) is 0 Å². The molecule has 2 N–H and O–H groups in total. The normalized spacial score (nSPS) is 18.6. The zero-order chi connectivity index (χ0) is 8.32. The van der Waals surface area contributed by atoms with Crippen LogP contribution in [0, 0.1) is 0 Å². The Morgan fingerprint density at radius 2 is 2.36 bits per heavy atom. The van der Waals surface area contributed by atoms with E-state index in [0.29, 0.717) is 0 Å². The summed E-state index contributed by atoms with van der Waals surface area (Å²) < 4.78 is 0. The van der Waals surface area contributed by atoms with Gasteiger partial charge in [0.05, 0.1) is 12.1 Å². The van der Waals surface area contributed by atoms with Crippen molar-refractivity contribution in [1.29, 1.82) is 0 Å². The third-order valence-corrected chi connectivity index (χ3v) is 1.56. The fourth-order valence-corrected chi connectivity index (χ4v) is 0.936. The molecule has 11 heavy (non-hydrogen) atoms. The van der Waals surface area contributed by atoms with E-state index < -0.39 is 5.60 Å². The lowest BCUT2D eigenvalue weighted by molar-refractivity contribution is 0.112. The largest absolute Gasteiger partial charge is 0.384 e. The van der Waals surface area contributed by atoms with Gasteiger partial charge in [-0.25, -0.2) is 0 Å². The molecular weight excluding hydrogens is 140 g/mol. The minimum absolute atomic E-state index is 0.774. The van der Waals surface area contributed by atoms with E-state index >= 15 is 0 Å². The summed E-state index contributed by atoms with van der Waals surface area (Å²) in [5.74, 6) is 0. The quantitative estimate of drug-likeness (QED) is 0.571. The molecule has 0 spiro atoms. The van der Waals surface area contributed by atoms with E-state index in [1.807, 2.05) is 6.08 Å². The smallest absolute Gasteiger partial charge is 0.0984 e. The molecule has 1 rings (SSSR count). The van der Waals surface area contributed by atoms with Crippen LogP contribution in [0.1, 0.15) is 13.8 Å². The van der Waals surface area contributed by atoms with Crippen LogP contribution in [0.3, 0.4) is 0 Å². The topological polar surface area (TPSA) is 44.6 Å². The Kier molecular flexibility index (Phi) is 2.29. The molecule has 0 aliphatic carbocycles. The summed E-state index contributed by atoms with van der Waals surface area (Å²) in [5.41, 5.74) is 0.0508. The number of aliphatic imine (C=N–C) groups is 1. The SMILES string of the molecule is CC(C)(O)C1=CC=NCCN1. The number of hydrogen-bond acceptors (Lipinski definition) is 3.